The molecule has 1 heterocycles. The summed E-state index contributed by atoms with van der Waals surface area (Å²) in [4.78, 5) is 11.1. The number of hydrogen-bond acceptors (Lipinski definition) is 3. The van der Waals surface area contributed by atoms with E-state index in [1.54, 1.807) is 0 Å². The molecular weight excluding hydrogens is 256 g/mol. The lowest BCUT2D eigenvalue weighted by Crippen LogP contribution is -2.39. The molecule has 110 valence electrons. The third kappa shape index (κ3) is 5.19. The van der Waals surface area contributed by atoms with Crippen molar-refractivity contribution in [2.75, 3.05) is 13.2 Å². The predicted octanol–water partition coefficient (Wildman–Crippen LogP) is 1.81. The van der Waals surface area contributed by atoms with Crippen LogP contribution in [0, 0.1) is 0 Å². The Morgan fingerprint density at radius 3 is 2.60 bits per heavy atom. The summed E-state index contributed by atoms with van der Waals surface area (Å²) in [7, 11) is 0. The van der Waals surface area contributed by atoms with Crippen molar-refractivity contribution in [3.8, 4) is 0 Å². The van der Waals surface area contributed by atoms with E-state index in [0.717, 1.165) is 25.7 Å². The van der Waals surface area contributed by atoms with E-state index in [4.69, 9.17) is 15.2 Å². The van der Waals surface area contributed by atoms with Gasteiger partial charge in [0.2, 0.25) is 0 Å². The van der Waals surface area contributed by atoms with Crippen LogP contribution in [0.5, 0.6) is 0 Å². The van der Waals surface area contributed by atoms with Crippen molar-refractivity contribution in [3.63, 3.8) is 0 Å². The first-order chi connectivity index (χ1) is 9.74. The van der Waals surface area contributed by atoms with E-state index in [1.807, 2.05) is 18.2 Å². The molecule has 2 rings (SSSR count). The first kappa shape index (κ1) is 14.8. The quantitative estimate of drug-likeness (QED) is 0.799. The number of aryl methyl sites for hydroxylation is 1. The van der Waals surface area contributed by atoms with Gasteiger partial charge in [0.05, 0.1) is 13.2 Å². The lowest BCUT2D eigenvalue weighted by Gasteiger charge is -2.19. The normalized spacial score (nSPS) is 17.0. The second-order valence-corrected chi connectivity index (χ2v) is 4.98. The number of carbonyl (C=O) groups excluding carboxylic acids is 1. The molecule has 3 N–H and O–H groups in total. The summed E-state index contributed by atoms with van der Waals surface area (Å²) >= 11 is 0. The number of amides is 2. The summed E-state index contributed by atoms with van der Waals surface area (Å²) in [5.74, 6) is 0. The summed E-state index contributed by atoms with van der Waals surface area (Å²) in [5.41, 5.74) is 6.49. The summed E-state index contributed by atoms with van der Waals surface area (Å²) in [5, 5.41) is 2.80. The molecule has 0 bridgehead atoms. The van der Waals surface area contributed by atoms with Crippen molar-refractivity contribution in [2.45, 2.75) is 38.0 Å². The molecule has 1 atom stereocenters. The van der Waals surface area contributed by atoms with Crippen LogP contribution in [0.3, 0.4) is 0 Å². The number of carbonyl (C=O) groups is 1. The average molecular weight is 278 g/mol. The van der Waals surface area contributed by atoms with Crippen LogP contribution in [0.15, 0.2) is 30.3 Å². The van der Waals surface area contributed by atoms with Crippen LogP contribution in [0.1, 0.15) is 24.8 Å². The number of hydrogen-bond donors (Lipinski definition) is 2. The molecule has 1 aromatic carbocycles. The molecule has 1 aliphatic heterocycles. The molecule has 5 nitrogen and oxygen atoms in total. The Hall–Kier alpha value is -1.59. The first-order valence-electron chi connectivity index (χ1n) is 7.07. The number of urea groups is 1. The zero-order valence-electron chi connectivity index (χ0n) is 11.6. The van der Waals surface area contributed by atoms with Crippen LogP contribution >= 0.6 is 0 Å². The molecule has 5 heteroatoms. The second-order valence-electron chi connectivity index (χ2n) is 4.98. The molecule has 0 aromatic heterocycles. The SMILES string of the molecule is NC(=O)NC(CCc1ccccc1)CCC1OCCO1. The van der Waals surface area contributed by atoms with Crippen molar-refractivity contribution in [1.82, 2.24) is 5.32 Å². The average Bonchev–Trinajstić information content (AvgIpc) is 2.96. The zero-order valence-corrected chi connectivity index (χ0v) is 11.6. The highest BCUT2D eigenvalue weighted by Crippen LogP contribution is 2.15. The van der Waals surface area contributed by atoms with Gasteiger partial charge in [0.15, 0.2) is 6.29 Å². The lowest BCUT2D eigenvalue weighted by molar-refractivity contribution is -0.0490. The monoisotopic (exact) mass is 278 g/mol. The molecule has 1 aromatic rings. The third-order valence-corrected chi connectivity index (χ3v) is 3.41. The van der Waals surface area contributed by atoms with Crippen molar-refractivity contribution >= 4 is 6.03 Å². The fraction of sp³-hybridized carbons (Fsp3) is 0.533. The number of rotatable bonds is 7. The Kier molecular flexibility index (Phi) is 5.83. The molecular formula is C15H22N2O3. The molecule has 1 unspecified atom stereocenters. The van der Waals surface area contributed by atoms with E-state index in [0.29, 0.717) is 13.2 Å². The Bertz CT molecular complexity index is 405. The number of primary amides is 1. The van der Waals surface area contributed by atoms with Gasteiger partial charge in [0.25, 0.3) is 0 Å². The highest BCUT2D eigenvalue weighted by atomic mass is 16.7. The topological polar surface area (TPSA) is 73.6 Å². The molecule has 20 heavy (non-hydrogen) atoms. The maximum Gasteiger partial charge on any atom is 0.312 e. The van der Waals surface area contributed by atoms with E-state index in [9.17, 15) is 4.79 Å². The molecule has 0 radical (unpaired) electrons. The van der Waals surface area contributed by atoms with E-state index in [2.05, 4.69) is 17.4 Å². The van der Waals surface area contributed by atoms with Crippen molar-refractivity contribution in [2.24, 2.45) is 5.73 Å². The lowest BCUT2D eigenvalue weighted by atomic mass is 10.0. The smallest absolute Gasteiger partial charge is 0.312 e. The maximum absolute atomic E-state index is 11.1. The molecule has 2 amide bonds. The molecule has 0 aliphatic carbocycles. The molecule has 1 aliphatic rings. The van der Waals surface area contributed by atoms with Gasteiger partial charge in [-0.3, -0.25) is 0 Å². The summed E-state index contributed by atoms with van der Waals surface area (Å²) < 4.78 is 10.8. The zero-order chi connectivity index (χ0) is 14.2. The minimum Gasteiger partial charge on any atom is -0.352 e. The summed E-state index contributed by atoms with van der Waals surface area (Å²) in [6.45, 7) is 1.31. The van der Waals surface area contributed by atoms with Crippen molar-refractivity contribution < 1.29 is 14.3 Å². The fourth-order valence-corrected chi connectivity index (χ4v) is 2.39. The number of nitrogens with one attached hydrogen (secondary N) is 1. The third-order valence-electron chi connectivity index (χ3n) is 3.41. The van der Waals surface area contributed by atoms with Crippen LogP contribution in [0.4, 0.5) is 4.79 Å². The summed E-state index contributed by atoms with van der Waals surface area (Å²) in [6, 6.07) is 9.79. The molecule has 1 saturated heterocycles. The first-order valence-corrected chi connectivity index (χ1v) is 7.07. The minimum atomic E-state index is -0.476. The van der Waals surface area contributed by atoms with E-state index in [-0.39, 0.29) is 12.3 Å². The van der Waals surface area contributed by atoms with Gasteiger partial charge in [-0.1, -0.05) is 30.3 Å². The molecule has 1 fully saturated rings. The Labute approximate surface area is 119 Å². The number of nitrogens with two attached hydrogens (primary N) is 1. The van der Waals surface area contributed by atoms with Crippen molar-refractivity contribution in [1.29, 1.82) is 0 Å². The Morgan fingerprint density at radius 1 is 1.25 bits per heavy atom. The largest absolute Gasteiger partial charge is 0.352 e. The van der Waals surface area contributed by atoms with Gasteiger partial charge in [0, 0.05) is 12.5 Å². The number of ether oxygens (including phenoxy) is 2. The van der Waals surface area contributed by atoms with Gasteiger partial charge >= 0.3 is 6.03 Å². The van der Waals surface area contributed by atoms with Crippen LogP contribution < -0.4 is 11.1 Å². The van der Waals surface area contributed by atoms with E-state index >= 15 is 0 Å². The Balaban J connectivity index is 1.78. The highest BCUT2D eigenvalue weighted by Gasteiger charge is 2.19. The van der Waals surface area contributed by atoms with Gasteiger partial charge in [0.1, 0.15) is 0 Å². The van der Waals surface area contributed by atoms with Gasteiger partial charge in [-0.15, -0.1) is 0 Å². The van der Waals surface area contributed by atoms with Crippen LogP contribution in [-0.2, 0) is 15.9 Å². The van der Waals surface area contributed by atoms with E-state index < -0.39 is 6.03 Å². The fourth-order valence-electron chi connectivity index (χ4n) is 2.39. The predicted molar refractivity (Wildman–Crippen MR) is 76.2 cm³/mol. The van der Waals surface area contributed by atoms with E-state index in [1.165, 1.54) is 5.56 Å². The van der Waals surface area contributed by atoms with Gasteiger partial charge in [-0.25, -0.2) is 4.79 Å². The second kappa shape index (κ2) is 7.87. The van der Waals surface area contributed by atoms with Gasteiger partial charge in [-0.05, 0) is 24.8 Å². The standard InChI is InChI=1S/C15H22N2O3/c16-15(18)17-13(8-9-14-19-10-11-20-14)7-6-12-4-2-1-3-5-12/h1-5,13-14H,6-11H2,(H3,16,17,18). The Morgan fingerprint density at radius 2 is 1.95 bits per heavy atom. The molecule has 0 spiro atoms. The highest BCUT2D eigenvalue weighted by molar-refractivity contribution is 5.71. The minimum absolute atomic E-state index is 0.0560. The van der Waals surface area contributed by atoms with Crippen LogP contribution in [-0.4, -0.2) is 31.6 Å². The van der Waals surface area contributed by atoms with Gasteiger partial charge < -0.3 is 20.5 Å². The van der Waals surface area contributed by atoms with Crippen LogP contribution in [0.25, 0.3) is 0 Å². The van der Waals surface area contributed by atoms with Crippen molar-refractivity contribution in [3.05, 3.63) is 35.9 Å². The number of benzene rings is 1. The molecule has 0 saturated carbocycles. The van der Waals surface area contributed by atoms with Gasteiger partial charge in [-0.2, -0.15) is 0 Å². The summed E-state index contributed by atoms with van der Waals surface area (Å²) in [6.07, 6.45) is 3.22. The maximum atomic E-state index is 11.1. The van der Waals surface area contributed by atoms with Crippen LogP contribution in [0.2, 0.25) is 0 Å².